The lowest BCUT2D eigenvalue weighted by Gasteiger charge is -2.25. The van der Waals surface area contributed by atoms with Crippen LogP contribution in [-0.2, 0) is 18.4 Å². The molecule has 2 heterocycles. The summed E-state index contributed by atoms with van der Waals surface area (Å²) in [6.07, 6.45) is 0.698. The number of benzene rings is 2. The monoisotopic (exact) mass is 390 g/mol. The molecule has 0 atom stereocenters. The molecule has 0 saturated carbocycles. The molecule has 29 heavy (non-hydrogen) atoms. The van der Waals surface area contributed by atoms with Crippen LogP contribution in [0.2, 0.25) is 0 Å². The quantitative estimate of drug-likeness (QED) is 0.642. The van der Waals surface area contributed by atoms with Crippen LogP contribution in [0.15, 0.2) is 52.9 Å². The number of amides is 1. The van der Waals surface area contributed by atoms with Gasteiger partial charge in [0.2, 0.25) is 0 Å². The number of hydrogen-bond acceptors (Lipinski definition) is 4. The van der Waals surface area contributed by atoms with Gasteiger partial charge in [0.1, 0.15) is 17.2 Å². The van der Waals surface area contributed by atoms with Crippen LogP contribution in [0.4, 0.5) is 0 Å². The lowest BCUT2D eigenvalue weighted by atomic mass is 9.97. The van der Waals surface area contributed by atoms with Gasteiger partial charge in [0, 0.05) is 29.5 Å². The average molecular weight is 390 g/mol. The number of oxazole rings is 1. The second kappa shape index (κ2) is 7.39. The fourth-order valence-electron chi connectivity index (χ4n) is 3.55. The minimum atomic E-state index is -0.138. The third kappa shape index (κ3) is 3.77. The molecule has 0 aliphatic carbocycles. The van der Waals surface area contributed by atoms with E-state index in [9.17, 15) is 4.79 Å². The molecule has 0 spiro atoms. The predicted molar refractivity (Wildman–Crippen MR) is 112 cm³/mol. The van der Waals surface area contributed by atoms with Gasteiger partial charge < -0.3 is 14.1 Å². The zero-order chi connectivity index (χ0) is 20.6. The summed E-state index contributed by atoms with van der Waals surface area (Å²) in [6, 6.07) is 15.6. The van der Waals surface area contributed by atoms with E-state index < -0.39 is 0 Å². The summed E-state index contributed by atoms with van der Waals surface area (Å²) in [4.78, 5) is 19.5. The van der Waals surface area contributed by atoms with Crippen molar-refractivity contribution in [1.82, 2.24) is 9.88 Å². The first-order valence-corrected chi connectivity index (χ1v) is 9.88. The van der Waals surface area contributed by atoms with Gasteiger partial charge in [0.25, 0.3) is 5.91 Å². The fourth-order valence-corrected chi connectivity index (χ4v) is 3.55. The molecule has 0 fully saturated rings. The standard InChI is InChI=1S/C24H26N2O3/c1-24(2,3)23-25-19-15-26(14-13-21(19)29-23)22(27)17-11-9-16(10-12-17)18-7-5-6-8-20(18)28-4/h5-12H,13-15H2,1-4H3. The number of carbonyl (C=O) groups excluding carboxylic acids is 1. The maximum absolute atomic E-state index is 13.0. The summed E-state index contributed by atoms with van der Waals surface area (Å²) in [6.45, 7) is 7.37. The maximum Gasteiger partial charge on any atom is 0.254 e. The molecule has 1 aliphatic rings. The molecular formula is C24H26N2O3. The van der Waals surface area contributed by atoms with Crippen molar-refractivity contribution >= 4 is 5.91 Å². The number of methoxy groups -OCH3 is 1. The largest absolute Gasteiger partial charge is 0.496 e. The van der Waals surface area contributed by atoms with Crippen LogP contribution in [0.1, 0.15) is 48.5 Å². The van der Waals surface area contributed by atoms with E-state index in [1.165, 1.54) is 0 Å². The SMILES string of the molecule is COc1ccccc1-c1ccc(C(=O)N2CCc3oc(C(C)(C)C)nc3C2)cc1. The summed E-state index contributed by atoms with van der Waals surface area (Å²) in [5, 5.41) is 0. The molecule has 1 aliphatic heterocycles. The highest BCUT2D eigenvalue weighted by Crippen LogP contribution is 2.31. The molecule has 1 aromatic heterocycles. The van der Waals surface area contributed by atoms with Crippen LogP contribution in [-0.4, -0.2) is 29.4 Å². The van der Waals surface area contributed by atoms with E-state index in [1.54, 1.807) is 7.11 Å². The molecule has 0 N–H and O–H groups in total. The minimum Gasteiger partial charge on any atom is -0.496 e. The number of hydrogen-bond donors (Lipinski definition) is 0. The first-order chi connectivity index (χ1) is 13.9. The molecule has 1 amide bonds. The van der Waals surface area contributed by atoms with E-state index in [2.05, 4.69) is 25.8 Å². The summed E-state index contributed by atoms with van der Waals surface area (Å²) < 4.78 is 11.4. The Labute approximate surface area is 171 Å². The molecule has 0 unspecified atom stereocenters. The molecule has 2 aromatic carbocycles. The van der Waals surface area contributed by atoms with Crippen molar-refractivity contribution in [3.05, 3.63) is 71.4 Å². The zero-order valence-corrected chi connectivity index (χ0v) is 17.4. The number of nitrogens with zero attached hydrogens (tertiary/aromatic N) is 2. The van der Waals surface area contributed by atoms with Gasteiger partial charge in [-0.2, -0.15) is 0 Å². The lowest BCUT2D eigenvalue weighted by Crippen LogP contribution is -2.35. The van der Waals surface area contributed by atoms with Gasteiger partial charge in [-0.25, -0.2) is 4.98 Å². The molecule has 0 radical (unpaired) electrons. The summed E-state index contributed by atoms with van der Waals surface area (Å²) >= 11 is 0. The first-order valence-electron chi connectivity index (χ1n) is 9.88. The van der Waals surface area contributed by atoms with Crippen LogP contribution < -0.4 is 4.74 Å². The van der Waals surface area contributed by atoms with Gasteiger partial charge >= 0.3 is 0 Å². The van der Waals surface area contributed by atoms with Crippen molar-refractivity contribution < 1.29 is 13.9 Å². The highest BCUT2D eigenvalue weighted by molar-refractivity contribution is 5.95. The zero-order valence-electron chi connectivity index (χ0n) is 17.4. The third-order valence-electron chi connectivity index (χ3n) is 5.21. The van der Waals surface area contributed by atoms with Crippen molar-refractivity contribution in [3.63, 3.8) is 0 Å². The van der Waals surface area contributed by atoms with Crippen molar-refractivity contribution in [2.24, 2.45) is 0 Å². The van der Waals surface area contributed by atoms with E-state index in [1.807, 2.05) is 53.4 Å². The lowest BCUT2D eigenvalue weighted by molar-refractivity contribution is 0.0728. The van der Waals surface area contributed by atoms with Crippen LogP contribution in [0.5, 0.6) is 5.75 Å². The highest BCUT2D eigenvalue weighted by Gasteiger charge is 2.29. The molecule has 0 saturated heterocycles. The number of para-hydroxylation sites is 1. The minimum absolute atomic E-state index is 0.0162. The Hall–Kier alpha value is -3.08. The maximum atomic E-state index is 13.0. The molecule has 150 valence electrons. The van der Waals surface area contributed by atoms with Crippen LogP contribution >= 0.6 is 0 Å². The Kier molecular flexibility index (Phi) is 4.91. The van der Waals surface area contributed by atoms with Gasteiger partial charge in [0.05, 0.1) is 13.7 Å². The Morgan fingerprint density at radius 1 is 1.10 bits per heavy atom. The smallest absolute Gasteiger partial charge is 0.254 e. The molecule has 0 bridgehead atoms. The van der Waals surface area contributed by atoms with Crippen molar-refractivity contribution in [3.8, 4) is 16.9 Å². The van der Waals surface area contributed by atoms with E-state index >= 15 is 0 Å². The molecule has 3 aromatic rings. The molecular weight excluding hydrogens is 364 g/mol. The first kappa shape index (κ1) is 19.2. The van der Waals surface area contributed by atoms with Gasteiger partial charge in [-0.05, 0) is 23.8 Å². The van der Waals surface area contributed by atoms with Gasteiger partial charge in [-0.15, -0.1) is 0 Å². The molecule has 5 heteroatoms. The van der Waals surface area contributed by atoms with Crippen molar-refractivity contribution in [2.45, 2.75) is 39.2 Å². The Balaban J connectivity index is 1.52. The van der Waals surface area contributed by atoms with Gasteiger partial charge in [-0.3, -0.25) is 4.79 Å². The number of carbonyl (C=O) groups is 1. The second-order valence-electron chi connectivity index (χ2n) is 8.39. The number of ether oxygens (including phenoxy) is 1. The molecule has 5 nitrogen and oxygen atoms in total. The predicted octanol–water partition coefficient (Wildman–Crippen LogP) is 4.85. The summed E-state index contributed by atoms with van der Waals surface area (Å²) in [5.74, 6) is 2.47. The van der Waals surface area contributed by atoms with Crippen molar-refractivity contribution in [1.29, 1.82) is 0 Å². The normalized spacial score (nSPS) is 13.9. The van der Waals surface area contributed by atoms with E-state index in [0.29, 0.717) is 25.1 Å². The van der Waals surface area contributed by atoms with Crippen LogP contribution in [0.25, 0.3) is 11.1 Å². The Morgan fingerprint density at radius 2 is 1.83 bits per heavy atom. The fraction of sp³-hybridized carbons (Fsp3) is 0.333. The van der Waals surface area contributed by atoms with Crippen LogP contribution in [0.3, 0.4) is 0 Å². The van der Waals surface area contributed by atoms with E-state index in [0.717, 1.165) is 34.2 Å². The number of aromatic nitrogens is 1. The Bertz CT molecular complexity index is 1030. The van der Waals surface area contributed by atoms with Crippen molar-refractivity contribution in [2.75, 3.05) is 13.7 Å². The van der Waals surface area contributed by atoms with E-state index in [-0.39, 0.29) is 11.3 Å². The highest BCUT2D eigenvalue weighted by atomic mass is 16.5. The average Bonchev–Trinajstić information content (AvgIpc) is 3.17. The number of fused-ring (bicyclic) bond motifs is 1. The topological polar surface area (TPSA) is 55.6 Å². The Morgan fingerprint density at radius 3 is 2.52 bits per heavy atom. The molecule has 4 rings (SSSR count). The summed E-state index contributed by atoms with van der Waals surface area (Å²) in [7, 11) is 1.66. The third-order valence-corrected chi connectivity index (χ3v) is 5.21. The second-order valence-corrected chi connectivity index (χ2v) is 8.39. The number of rotatable bonds is 3. The summed E-state index contributed by atoms with van der Waals surface area (Å²) in [5.41, 5.74) is 3.44. The van der Waals surface area contributed by atoms with Gasteiger partial charge in [-0.1, -0.05) is 51.1 Å². The van der Waals surface area contributed by atoms with Gasteiger partial charge in [0.15, 0.2) is 5.89 Å². The van der Waals surface area contributed by atoms with Crippen LogP contribution in [0, 0.1) is 0 Å². The van der Waals surface area contributed by atoms with E-state index in [4.69, 9.17) is 9.15 Å².